The number of morpholine rings is 1. The number of aromatic nitrogens is 3. The van der Waals surface area contributed by atoms with Gasteiger partial charge in [0.25, 0.3) is 0 Å². The predicted octanol–water partition coefficient (Wildman–Crippen LogP) is 2.64. The van der Waals surface area contributed by atoms with Crippen LogP contribution in [0.4, 0.5) is 11.8 Å². The Morgan fingerprint density at radius 2 is 1.91 bits per heavy atom. The fraction of sp³-hybridized carbons (Fsp3) is 0.550. The molecule has 15 heteroatoms. The lowest BCUT2D eigenvalue weighted by Crippen LogP contribution is -2.62. The molecule has 4 heterocycles. The van der Waals surface area contributed by atoms with Gasteiger partial charge in [0.2, 0.25) is 11.9 Å². The largest absolute Gasteiger partial charge is 0.462 e. The minimum absolute atomic E-state index is 0.0101. The number of hydrogen-bond acceptors (Lipinski definition) is 14. The lowest BCUT2D eigenvalue weighted by atomic mass is 9.45. The molecule has 3 fully saturated rings. The summed E-state index contributed by atoms with van der Waals surface area (Å²) in [6.07, 6.45) is 7.17. The molecule has 0 aromatic carbocycles. The van der Waals surface area contributed by atoms with E-state index in [4.69, 9.17) is 19.9 Å². The number of fused-ring (bicyclic) bond motifs is 1. The van der Waals surface area contributed by atoms with Gasteiger partial charge in [-0.15, -0.1) is 0 Å². The van der Waals surface area contributed by atoms with Gasteiger partial charge in [0.05, 0.1) is 50.2 Å². The number of cyclic esters (lactones) is 1. The van der Waals surface area contributed by atoms with E-state index in [0.29, 0.717) is 57.8 Å². The first-order chi connectivity index (χ1) is 26.3. The van der Waals surface area contributed by atoms with Gasteiger partial charge in [-0.25, -0.2) is 24.5 Å². The Hall–Kier alpha value is -4.70. The highest BCUT2D eigenvalue weighted by Gasteiger charge is 2.60. The first-order valence-electron chi connectivity index (χ1n) is 19.0. The zero-order valence-corrected chi connectivity index (χ0v) is 32.0. The standard InChI is InChI=1S/C40H53N7O8/c1-6-54-37(52)34(25-20-43-38(41)44-21-25)30-17-26(36(51)55-30)29(46-33-9-7-8-12-42-33)18-27-23(2)28(45-24(3)35(50)47-13-15-53-16-14-47)19-31-39(27,4)11-10-32(49)40(31,5)22-48/h7-9,12,17,20-21,24,27-29,31-32,45,48-49H,2,6,10-11,13-16,18-19,22H2,1,3-5H3,(H,42,46)(H2,41,43,44)/t24?,27?,28?,29?,31?,32-,39-,40+/m1/s1. The molecule has 55 heavy (non-hydrogen) atoms. The molecule has 1 amide bonds. The molecular formula is C40H53N7O8. The Morgan fingerprint density at radius 1 is 1.18 bits per heavy atom. The fourth-order valence-electron chi connectivity index (χ4n) is 9.10. The summed E-state index contributed by atoms with van der Waals surface area (Å²) in [6.45, 7) is 14.1. The summed E-state index contributed by atoms with van der Waals surface area (Å²) in [5, 5.41) is 29.3. The number of esters is 2. The third kappa shape index (κ3) is 8.02. The van der Waals surface area contributed by atoms with Crippen LogP contribution in [0.3, 0.4) is 0 Å². The van der Waals surface area contributed by atoms with Gasteiger partial charge in [0.15, 0.2) is 0 Å². The number of allylic oxidation sites excluding steroid dienone is 1. The van der Waals surface area contributed by atoms with Crippen molar-refractivity contribution >= 4 is 35.2 Å². The number of carbonyl (C=O) groups is 3. The Kier molecular flexibility index (Phi) is 12.0. The van der Waals surface area contributed by atoms with E-state index in [2.05, 4.69) is 39.1 Å². The molecule has 2 aliphatic heterocycles. The van der Waals surface area contributed by atoms with Crippen molar-refractivity contribution in [3.63, 3.8) is 0 Å². The number of aliphatic hydroxyl groups is 2. The van der Waals surface area contributed by atoms with Crippen molar-refractivity contribution in [1.29, 1.82) is 0 Å². The highest BCUT2D eigenvalue weighted by molar-refractivity contribution is 6.18. The number of rotatable bonds is 12. The predicted molar refractivity (Wildman–Crippen MR) is 203 cm³/mol. The molecular weight excluding hydrogens is 706 g/mol. The average Bonchev–Trinajstić information content (AvgIpc) is 3.57. The van der Waals surface area contributed by atoms with Gasteiger partial charge in [0.1, 0.15) is 17.2 Å². The van der Waals surface area contributed by atoms with E-state index >= 15 is 0 Å². The molecule has 6 rings (SSSR count). The lowest BCUT2D eigenvalue weighted by Gasteiger charge is -2.62. The van der Waals surface area contributed by atoms with Crippen molar-refractivity contribution in [2.24, 2.45) is 22.7 Å². The number of pyridine rings is 1. The van der Waals surface area contributed by atoms with Gasteiger partial charge in [-0.3, -0.25) is 10.1 Å². The smallest absolute Gasteiger partial charge is 0.342 e. The summed E-state index contributed by atoms with van der Waals surface area (Å²) in [5.41, 5.74) is 5.74. The van der Waals surface area contributed by atoms with Crippen molar-refractivity contribution in [1.82, 2.24) is 25.2 Å². The molecule has 2 saturated carbocycles. The zero-order chi connectivity index (χ0) is 39.5. The van der Waals surface area contributed by atoms with Gasteiger partial charge in [-0.1, -0.05) is 32.1 Å². The van der Waals surface area contributed by atoms with Crippen LogP contribution in [0, 0.1) is 22.7 Å². The first-order valence-corrected chi connectivity index (χ1v) is 19.0. The van der Waals surface area contributed by atoms with E-state index in [0.717, 1.165) is 5.57 Å². The van der Waals surface area contributed by atoms with Gasteiger partial charge in [-0.05, 0) is 75.0 Å². The van der Waals surface area contributed by atoms with Crippen LogP contribution in [0.1, 0.15) is 58.9 Å². The van der Waals surface area contributed by atoms with E-state index in [1.54, 1.807) is 30.2 Å². The average molecular weight is 760 g/mol. The van der Waals surface area contributed by atoms with Crippen molar-refractivity contribution in [3.8, 4) is 0 Å². The quantitative estimate of drug-likeness (QED) is 0.120. The van der Waals surface area contributed by atoms with Gasteiger partial charge in [0, 0.05) is 48.7 Å². The molecule has 0 spiro atoms. The van der Waals surface area contributed by atoms with Crippen LogP contribution in [-0.2, 0) is 28.6 Å². The van der Waals surface area contributed by atoms with E-state index in [9.17, 15) is 24.6 Å². The van der Waals surface area contributed by atoms with Crippen LogP contribution in [0.2, 0.25) is 0 Å². The first kappa shape index (κ1) is 40.0. The second-order valence-corrected chi connectivity index (χ2v) is 15.4. The SMILES string of the molecule is C=C1C(NC(C)C(=O)N2CCOCC2)CC2[C@](C)(CC[C@@H](O)[C@@]2(C)CO)C1CC(Nc1ccccn1)C1=CC(=C(C(=O)OCC)c2cnc(N)nc2)OC1=O. The molecule has 0 radical (unpaired) electrons. The molecule has 0 bridgehead atoms. The number of nitrogens with zero attached hydrogens (tertiary/aromatic N) is 4. The summed E-state index contributed by atoms with van der Waals surface area (Å²) in [4.78, 5) is 55.2. The molecule has 5 unspecified atom stereocenters. The summed E-state index contributed by atoms with van der Waals surface area (Å²) in [7, 11) is 0. The topological polar surface area (TPSA) is 211 Å². The molecule has 2 aliphatic carbocycles. The highest BCUT2D eigenvalue weighted by atomic mass is 16.6. The lowest BCUT2D eigenvalue weighted by molar-refractivity contribution is -0.157. The van der Waals surface area contributed by atoms with Crippen LogP contribution in [-0.4, -0.2) is 112 Å². The summed E-state index contributed by atoms with van der Waals surface area (Å²) >= 11 is 0. The van der Waals surface area contributed by atoms with E-state index in [1.807, 2.05) is 19.9 Å². The van der Waals surface area contributed by atoms with E-state index < -0.39 is 41.0 Å². The fourth-order valence-corrected chi connectivity index (χ4v) is 9.10. The van der Waals surface area contributed by atoms with Crippen LogP contribution in [0.15, 0.2) is 66.3 Å². The Balaban J connectivity index is 1.41. The van der Waals surface area contributed by atoms with Gasteiger partial charge >= 0.3 is 11.9 Å². The maximum absolute atomic E-state index is 14.0. The summed E-state index contributed by atoms with van der Waals surface area (Å²) in [6, 6.07) is 3.82. The monoisotopic (exact) mass is 759 g/mol. The normalized spacial score (nSPS) is 30.1. The Bertz CT molecular complexity index is 1810. The molecule has 1 saturated heterocycles. The minimum Gasteiger partial charge on any atom is -0.462 e. The number of aliphatic hydroxyl groups excluding tert-OH is 2. The molecule has 15 nitrogen and oxygen atoms in total. The zero-order valence-electron chi connectivity index (χ0n) is 32.0. The molecule has 296 valence electrons. The van der Waals surface area contributed by atoms with Crippen molar-refractivity contribution in [2.75, 3.05) is 50.6 Å². The molecule has 4 aliphatic rings. The summed E-state index contributed by atoms with van der Waals surface area (Å²) < 4.78 is 16.6. The molecule has 8 atom stereocenters. The molecule has 2 aromatic rings. The Morgan fingerprint density at radius 3 is 2.56 bits per heavy atom. The van der Waals surface area contributed by atoms with Crippen LogP contribution >= 0.6 is 0 Å². The minimum atomic E-state index is -0.843. The third-order valence-electron chi connectivity index (χ3n) is 12.2. The number of nitrogen functional groups attached to an aromatic ring is 1. The van der Waals surface area contributed by atoms with Crippen LogP contribution < -0.4 is 16.4 Å². The number of amides is 1. The number of anilines is 2. The van der Waals surface area contributed by atoms with Gasteiger partial charge in [-0.2, -0.15) is 0 Å². The number of ether oxygens (including phenoxy) is 3. The van der Waals surface area contributed by atoms with Crippen LogP contribution in [0.25, 0.3) is 5.57 Å². The number of nitrogens with one attached hydrogen (secondary N) is 2. The van der Waals surface area contributed by atoms with Gasteiger partial charge < -0.3 is 40.4 Å². The van der Waals surface area contributed by atoms with Crippen LogP contribution in [0.5, 0.6) is 0 Å². The second kappa shape index (κ2) is 16.6. The van der Waals surface area contributed by atoms with E-state index in [-0.39, 0.29) is 65.4 Å². The Labute approximate surface area is 321 Å². The maximum atomic E-state index is 14.0. The number of carbonyl (C=O) groups excluding carboxylic acids is 3. The van der Waals surface area contributed by atoms with E-state index in [1.165, 1.54) is 18.5 Å². The number of nitrogens with two attached hydrogens (primary N) is 1. The third-order valence-corrected chi connectivity index (χ3v) is 12.2. The molecule has 6 N–H and O–H groups in total. The second-order valence-electron chi connectivity index (χ2n) is 15.4. The van der Waals surface area contributed by atoms with Crippen molar-refractivity contribution < 1.29 is 38.8 Å². The highest BCUT2D eigenvalue weighted by Crippen LogP contribution is 2.62. The maximum Gasteiger partial charge on any atom is 0.342 e. The van der Waals surface area contributed by atoms with Crippen molar-refractivity contribution in [2.45, 2.75) is 77.6 Å². The number of hydrogen-bond donors (Lipinski definition) is 5. The van der Waals surface area contributed by atoms with Crippen molar-refractivity contribution in [3.05, 3.63) is 71.9 Å². The summed E-state index contributed by atoms with van der Waals surface area (Å²) in [5.74, 6) is -1.40. The molecule has 2 aromatic heterocycles.